The summed E-state index contributed by atoms with van der Waals surface area (Å²) in [6.07, 6.45) is 0. The van der Waals surface area contributed by atoms with Crippen LogP contribution in [0.3, 0.4) is 0 Å². The highest BCUT2D eigenvalue weighted by molar-refractivity contribution is 5.96. The number of amides is 1. The molecular formula is C19H21NO5. The highest BCUT2D eigenvalue weighted by Crippen LogP contribution is 2.29. The SMILES string of the molecule is COC(=O)c1ccc(C(=O)NC(C)c2ccc(OC)cc2OC)cc1. The lowest BCUT2D eigenvalue weighted by Crippen LogP contribution is -2.27. The molecule has 1 amide bonds. The van der Waals surface area contributed by atoms with Gasteiger partial charge in [-0.2, -0.15) is 0 Å². The Labute approximate surface area is 146 Å². The average Bonchev–Trinajstić information content (AvgIpc) is 2.66. The van der Waals surface area contributed by atoms with E-state index in [1.54, 1.807) is 44.6 Å². The van der Waals surface area contributed by atoms with Crippen LogP contribution in [0, 0.1) is 0 Å². The summed E-state index contributed by atoms with van der Waals surface area (Å²) in [6.45, 7) is 1.87. The number of hydrogen-bond donors (Lipinski definition) is 1. The number of carbonyl (C=O) groups excluding carboxylic acids is 2. The van der Waals surface area contributed by atoms with Gasteiger partial charge in [0.25, 0.3) is 5.91 Å². The van der Waals surface area contributed by atoms with Gasteiger partial charge in [0.2, 0.25) is 0 Å². The number of rotatable bonds is 6. The Bertz CT molecular complexity index is 755. The Morgan fingerprint density at radius 2 is 1.56 bits per heavy atom. The third-order valence-electron chi connectivity index (χ3n) is 3.82. The Morgan fingerprint density at radius 3 is 2.12 bits per heavy atom. The predicted molar refractivity (Wildman–Crippen MR) is 93.2 cm³/mol. The molecule has 2 aromatic carbocycles. The smallest absolute Gasteiger partial charge is 0.337 e. The summed E-state index contributed by atoms with van der Waals surface area (Å²) in [4.78, 5) is 23.8. The first-order valence-corrected chi connectivity index (χ1v) is 7.71. The van der Waals surface area contributed by atoms with Crippen molar-refractivity contribution in [2.24, 2.45) is 0 Å². The first kappa shape index (κ1) is 18.3. The minimum Gasteiger partial charge on any atom is -0.497 e. The van der Waals surface area contributed by atoms with Crippen LogP contribution in [0.1, 0.15) is 39.2 Å². The van der Waals surface area contributed by atoms with Gasteiger partial charge in [-0.05, 0) is 43.3 Å². The molecule has 6 nitrogen and oxygen atoms in total. The molecule has 132 valence electrons. The lowest BCUT2D eigenvalue weighted by Gasteiger charge is -2.18. The second-order valence-corrected chi connectivity index (χ2v) is 5.37. The molecule has 0 radical (unpaired) electrons. The lowest BCUT2D eigenvalue weighted by molar-refractivity contribution is 0.0600. The highest BCUT2D eigenvalue weighted by Gasteiger charge is 2.16. The highest BCUT2D eigenvalue weighted by atomic mass is 16.5. The Balaban J connectivity index is 2.13. The summed E-state index contributed by atoms with van der Waals surface area (Å²) in [5.41, 5.74) is 1.68. The van der Waals surface area contributed by atoms with E-state index in [2.05, 4.69) is 10.1 Å². The topological polar surface area (TPSA) is 73.9 Å². The van der Waals surface area contributed by atoms with E-state index in [-0.39, 0.29) is 11.9 Å². The zero-order chi connectivity index (χ0) is 18.4. The Kier molecular flexibility index (Phi) is 6.00. The van der Waals surface area contributed by atoms with E-state index >= 15 is 0 Å². The summed E-state index contributed by atoms with van der Waals surface area (Å²) in [7, 11) is 4.46. The summed E-state index contributed by atoms with van der Waals surface area (Å²) in [5, 5.41) is 2.91. The number of nitrogens with one attached hydrogen (secondary N) is 1. The normalized spacial score (nSPS) is 11.4. The molecule has 0 aliphatic rings. The largest absolute Gasteiger partial charge is 0.497 e. The van der Waals surface area contributed by atoms with Gasteiger partial charge < -0.3 is 19.5 Å². The molecule has 1 unspecified atom stereocenters. The van der Waals surface area contributed by atoms with E-state index in [0.717, 1.165) is 5.56 Å². The molecule has 0 aliphatic heterocycles. The van der Waals surface area contributed by atoms with Gasteiger partial charge in [-0.15, -0.1) is 0 Å². The van der Waals surface area contributed by atoms with E-state index in [4.69, 9.17) is 9.47 Å². The van der Waals surface area contributed by atoms with Gasteiger partial charge in [0.05, 0.1) is 32.9 Å². The van der Waals surface area contributed by atoms with Crippen LogP contribution in [0.25, 0.3) is 0 Å². The van der Waals surface area contributed by atoms with Gasteiger partial charge in [-0.3, -0.25) is 4.79 Å². The van der Waals surface area contributed by atoms with Crippen LogP contribution in [-0.2, 0) is 4.74 Å². The second-order valence-electron chi connectivity index (χ2n) is 5.37. The average molecular weight is 343 g/mol. The standard InChI is InChI=1S/C19H21NO5/c1-12(16-10-9-15(23-2)11-17(16)24-3)20-18(21)13-5-7-14(8-6-13)19(22)25-4/h5-12H,1-4H3,(H,20,21). The molecule has 0 bridgehead atoms. The van der Waals surface area contributed by atoms with Crippen molar-refractivity contribution in [3.8, 4) is 11.5 Å². The third kappa shape index (κ3) is 4.29. The van der Waals surface area contributed by atoms with Gasteiger partial charge >= 0.3 is 5.97 Å². The van der Waals surface area contributed by atoms with Crippen molar-refractivity contribution in [1.29, 1.82) is 0 Å². The van der Waals surface area contributed by atoms with Crippen molar-refractivity contribution in [3.05, 3.63) is 59.2 Å². The van der Waals surface area contributed by atoms with E-state index < -0.39 is 5.97 Å². The first-order valence-electron chi connectivity index (χ1n) is 7.71. The summed E-state index contributed by atoms with van der Waals surface area (Å²) in [6, 6.07) is 11.4. The number of esters is 1. The van der Waals surface area contributed by atoms with E-state index in [9.17, 15) is 9.59 Å². The minimum absolute atomic E-state index is 0.248. The molecule has 1 atom stereocenters. The van der Waals surface area contributed by atoms with Crippen molar-refractivity contribution < 1.29 is 23.8 Å². The zero-order valence-corrected chi connectivity index (χ0v) is 14.7. The van der Waals surface area contributed by atoms with Gasteiger partial charge in [-0.25, -0.2) is 4.79 Å². The molecule has 0 saturated heterocycles. The summed E-state index contributed by atoms with van der Waals surface area (Å²) in [5.74, 6) is 0.621. The molecular weight excluding hydrogens is 322 g/mol. The molecule has 0 aromatic heterocycles. The van der Waals surface area contributed by atoms with Crippen molar-refractivity contribution in [2.75, 3.05) is 21.3 Å². The molecule has 0 heterocycles. The fourth-order valence-electron chi connectivity index (χ4n) is 2.41. The van der Waals surface area contributed by atoms with Crippen LogP contribution in [-0.4, -0.2) is 33.2 Å². The van der Waals surface area contributed by atoms with Gasteiger partial charge in [0.1, 0.15) is 11.5 Å². The Morgan fingerprint density at radius 1 is 0.920 bits per heavy atom. The monoisotopic (exact) mass is 343 g/mol. The fraction of sp³-hybridized carbons (Fsp3) is 0.263. The molecule has 0 fully saturated rings. The lowest BCUT2D eigenvalue weighted by atomic mass is 10.1. The number of methoxy groups -OCH3 is 3. The van der Waals surface area contributed by atoms with Crippen molar-refractivity contribution in [2.45, 2.75) is 13.0 Å². The van der Waals surface area contributed by atoms with Crippen LogP contribution in [0.5, 0.6) is 11.5 Å². The number of ether oxygens (including phenoxy) is 3. The van der Waals surface area contributed by atoms with Crippen LogP contribution in [0.15, 0.2) is 42.5 Å². The number of carbonyl (C=O) groups is 2. The predicted octanol–water partition coefficient (Wildman–Crippen LogP) is 2.98. The molecule has 0 aliphatic carbocycles. The first-order chi connectivity index (χ1) is 12.0. The quantitative estimate of drug-likeness (QED) is 0.816. The molecule has 6 heteroatoms. The Hall–Kier alpha value is -3.02. The van der Waals surface area contributed by atoms with Crippen LogP contribution in [0.2, 0.25) is 0 Å². The summed E-state index contributed by atoms with van der Waals surface area (Å²) < 4.78 is 15.2. The van der Waals surface area contributed by atoms with Crippen molar-refractivity contribution in [1.82, 2.24) is 5.32 Å². The minimum atomic E-state index is -0.441. The zero-order valence-electron chi connectivity index (χ0n) is 14.7. The van der Waals surface area contributed by atoms with Gasteiger partial charge in [0, 0.05) is 17.2 Å². The third-order valence-corrected chi connectivity index (χ3v) is 3.82. The van der Waals surface area contributed by atoms with Gasteiger partial charge in [0.15, 0.2) is 0 Å². The van der Waals surface area contributed by atoms with Crippen molar-refractivity contribution >= 4 is 11.9 Å². The van der Waals surface area contributed by atoms with E-state index in [1.807, 2.05) is 19.1 Å². The van der Waals surface area contributed by atoms with E-state index in [0.29, 0.717) is 22.6 Å². The molecule has 2 aromatic rings. The second kappa shape index (κ2) is 8.19. The maximum Gasteiger partial charge on any atom is 0.337 e. The molecule has 0 spiro atoms. The van der Waals surface area contributed by atoms with Crippen LogP contribution < -0.4 is 14.8 Å². The molecule has 2 rings (SSSR count). The maximum atomic E-state index is 12.4. The van der Waals surface area contributed by atoms with Gasteiger partial charge in [-0.1, -0.05) is 0 Å². The fourth-order valence-corrected chi connectivity index (χ4v) is 2.41. The molecule has 1 N–H and O–H groups in total. The van der Waals surface area contributed by atoms with Crippen molar-refractivity contribution in [3.63, 3.8) is 0 Å². The molecule has 0 saturated carbocycles. The van der Waals surface area contributed by atoms with Crippen LogP contribution in [0.4, 0.5) is 0 Å². The summed E-state index contributed by atoms with van der Waals surface area (Å²) >= 11 is 0. The molecule has 25 heavy (non-hydrogen) atoms. The van der Waals surface area contributed by atoms with E-state index in [1.165, 1.54) is 7.11 Å². The number of benzene rings is 2. The van der Waals surface area contributed by atoms with Crippen LogP contribution >= 0.6 is 0 Å². The number of hydrogen-bond acceptors (Lipinski definition) is 5. The maximum absolute atomic E-state index is 12.4.